The van der Waals surface area contributed by atoms with Crippen LogP contribution in [-0.4, -0.2) is 34.8 Å². The number of nitrogens with two attached hydrogens (primary N) is 1. The zero-order valence-electron chi connectivity index (χ0n) is 12.2. The van der Waals surface area contributed by atoms with Gasteiger partial charge in [0.2, 0.25) is 10.0 Å². The second kappa shape index (κ2) is 7.22. The molecule has 6 nitrogen and oxygen atoms in total. The molecule has 0 saturated carbocycles. The van der Waals surface area contributed by atoms with Gasteiger partial charge in [-0.25, -0.2) is 13.1 Å². The summed E-state index contributed by atoms with van der Waals surface area (Å²) in [5, 5.41) is 0. The Bertz CT molecular complexity index is 568. The molecular weight excluding hydrogens is 292 g/mol. The van der Waals surface area contributed by atoms with E-state index in [1.54, 1.807) is 12.1 Å². The third-order valence-corrected chi connectivity index (χ3v) is 4.99. The van der Waals surface area contributed by atoms with Crippen LogP contribution in [0, 0.1) is 0 Å². The molecule has 1 aromatic carbocycles. The predicted octanol–water partition coefficient (Wildman–Crippen LogP) is 1.00. The second-order valence-electron chi connectivity index (χ2n) is 5.03. The highest BCUT2D eigenvalue weighted by molar-refractivity contribution is 7.89. The van der Waals surface area contributed by atoms with Gasteiger partial charge in [0.1, 0.15) is 10.6 Å². The summed E-state index contributed by atoms with van der Waals surface area (Å²) >= 11 is 0. The van der Waals surface area contributed by atoms with E-state index in [2.05, 4.69) is 4.72 Å². The fourth-order valence-electron chi connectivity index (χ4n) is 2.31. The number of methoxy groups -OCH3 is 1. The molecule has 21 heavy (non-hydrogen) atoms. The van der Waals surface area contributed by atoms with Crippen molar-refractivity contribution in [3.05, 3.63) is 23.8 Å². The van der Waals surface area contributed by atoms with Crippen LogP contribution in [0.15, 0.2) is 23.1 Å². The Balaban J connectivity index is 2.11. The van der Waals surface area contributed by atoms with E-state index in [0.29, 0.717) is 18.9 Å². The molecule has 0 radical (unpaired) electrons. The minimum atomic E-state index is -3.62. The lowest BCUT2D eigenvalue weighted by molar-refractivity contribution is 0.0200. The maximum atomic E-state index is 12.4. The van der Waals surface area contributed by atoms with Crippen molar-refractivity contribution in [2.24, 2.45) is 5.73 Å². The van der Waals surface area contributed by atoms with E-state index in [0.717, 1.165) is 24.8 Å². The Morgan fingerprint density at radius 2 is 2.24 bits per heavy atom. The monoisotopic (exact) mass is 314 g/mol. The molecule has 0 bridgehead atoms. The average Bonchev–Trinajstić information content (AvgIpc) is 2.53. The predicted molar refractivity (Wildman–Crippen MR) is 79.7 cm³/mol. The lowest BCUT2D eigenvalue weighted by atomic mass is 10.1. The highest BCUT2D eigenvalue weighted by atomic mass is 32.2. The highest BCUT2D eigenvalue weighted by Crippen LogP contribution is 2.25. The van der Waals surface area contributed by atoms with Crippen LogP contribution in [0.5, 0.6) is 5.75 Å². The summed E-state index contributed by atoms with van der Waals surface area (Å²) in [6.45, 7) is 1.31. The van der Waals surface area contributed by atoms with Crippen molar-refractivity contribution in [2.75, 3.05) is 20.3 Å². The van der Waals surface area contributed by atoms with E-state index in [1.165, 1.54) is 13.2 Å². The van der Waals surface area contributed by atoms with E-state index < -0.39 is 10.0 Å². The number of rotatable bonds is 6. The molecule has 1 unspecified atom stereocenters. The van der Waals surface area contributed by atoms with E-state index in [4.69, 9.17) is 15.2 Å². The van der Waals surface area contributed by atoms with Gasteiger partial charge in [0.15, 0.2) is 0 Å². The Kier molecular flexibility index (Phi) is 5.58. The summed E-state index contributed by atoms with van der Waals surface area (Å²) in [6, 6.07) is 4.85. The molecule has 1 heterocycles. The summed E-state index contributed by atoms with van der Waals surface area (Å²) in [4.78, 5) is 0.123. The largest absolute Gasteiger partial charge is 0.495 e. The van der Waals surface area contributed by atoms with Crippen molar-refractivity contribution in [3.63, 3.8) is 0 Å². The number of benzene rings is 1. The van der Waals surface area contributed by atoms with Crippen LogP contribution in [0.25, 0.3) is 0 Å². The summed E-state index contributed by atoms with van der Waals surface area (Å²) in [5.74, 6) is 0.301. The molecule has 1 aliphatic rings. The van der Waals surface area contributed by atoms with Gasteiger partial charge in [0.25, 0.3) is 0 Å². The molecule has 1 aromatic rings. The van der Waals surface area contributed by atoms with Crippen LogP contribution in [-0.2, 0) is 21.3 Å². The highest BCUT2D eigenvalue weighted by Gasteiger charge is 2.22. The molecule has 1 saturated heterocycles. The summed E-state index contributed by atoms with van der Waals surface area (Å²) in [7, 11) is -2.18. The zero-order valence-corrected chi connectivity index (χ0v) is 13.0. The smallest absolute Gasteiger partial charge is 0.244 e. The number of nitrogens with one attached hydrogen (secondary N) is 1. The second-order valence-corrected chi connectivity index (χ2v) is 6.77. The first kappa shape index (κ1) is 16.2. The fraction of sp³-hybridized carbons (Fsp3) is 0.571. The van der Waals surface area contributed by atoms with Crippen LogP contribution in [0.3, 0.4) is 0 Å². The van der Waals surface area contributed by atoms with E-state index in [9.17, 15) is 8.42 Å². The standard InChI is InChI=1S/C14H22N2O4S/c1-19-13-8-11(9-15)5-6-14(13)21(17,18)16-10-12-4-2-3-7-20-12/h5-6,8,12,16H,2-4,7,9-10,15H2,1H3. The van der Waals surface area contributed by atoms with E-state index in [1.807, 2.05) is 0 Å². The molecule has 7 heteroatoms. The molecular formula is C14H22N2O4S. The van der Waals surface area contributed by atoms with Crippen LogP contribution < -0.4 is 15.2 Å². The Morgan fingerprint density at radius 3 is 2.86 bits per heavy atom. The summed E-state index contributed by atoms with van der Waals surface area (Å²) in [6.07, 6.45) is 2.94. The van der Waals surface area contributed by atoms with Crippen molar-refractivity contribution < 1.29 is 17.9 Å². The number of hydrogen-bond acceptors (Lipinski definition) is 5. The van der Waals surface area contributed by atoms with Gasteiger partial charge in [0, 0.05) is 19.7 Å². The first-order valence-corrected chi connectivity index (χ1v) is 8.53. The summed E-state index contributed by atoms with van der Waals surface area (Å²) < 4.78 is 38.0. The van der Waals surface area contributed by atoms with Gasteiger partial charge < -0.3 is 15.2 Å². The third-order valence-electron chi connectivity index (χ3n) is 3.53. The number of ether oxygens (including phenoxy) is 2. The van der Waals surface area contributed by atoms with Gasteiger partial charge in [-0.3, -0.25) is 0 Å². The summed E-state index contributed by atoms with van der Waals surface area (Å²) in [5.41, 5.74) is 6.37. The van der Waals surface area contributed by atoms with Gasteiger partial charge in [-0.2, -0.15) is 0 Å². The first-order chi connectivity index (χ1) is 10.1. The number of sulfonamides is 1. The van der Waals surface area contributed by atoms with E-state index >= 15 is 0 Å². The van der Waals surface area contributed by atoms with Crippen molar-refractivity contribution >= 4 is 10.0 Å². The van der Waals surface area contributed by atoms with Crippen LogP contribution >= 0.6 is 0 Å². The van der Waals surface area contributed by atoms with Crippen molar-refractivity contribution in [3.8, 4) is 5.75 Å². The molecule has 118 valence electrons. The van der Waals surface area contributed by atoms with Gasteiger partial charge in [0.05, 0.1) is 13.2 Å². The molecule has 1 atom stereocenters. The third kappa shape index (κ3) is 4.16. The van der Waals surface area contributed by atoms with Gasteiger partial charge in [-0.05, 0) is 37.0 Å². The Labute approximate surface area is 125 Å². The lowest BCUT2D eigenvalue weighted by Gasteiger charge is -2.23. The van der Waals surface area contributed by atoms with E-state index in [-0.39, 0.29) is 17.5 Å². The molecule has 0 aliphatic carbocycles. The van der Waals surface area contributed by atoms with Crippen LogP contribution in [0.4, 0.5) is 0 Å². The maximum absolute atomic E-state index is 12.4. The van der Waals surface area contributed by atoms with Crippen molar-refractivity contribution in [2.45, 2.75) is 36.8 Å². The molecule has 1 aliphatic heterocycles. The van der Waals surface area contributed by atoms with Gasteiger partial charge in [-0.15, -0.1) is 0 Å². The normalized spacial score (nSPS) is 19.4. The van der Waals surface area contributed by atoms with Gasteiger partial charge >= 0.3 is 0 Å². The zero-order chi connectivity index (χ0) is 15.3. The quantitative estimate of drug-likeness (QED) is 0.817. The number of hydrogen-bond donors (Lipinski definition) is 2. The maximum Gasteiger partial charge on any atom is 0.244 e. The molecule has 2 rings (SSSR count). The minimum absolute atomic E-state index is 0.0529. The lowest BCUT2D eigenvalue weighted by Crippen LogP contribution is -2.35. The molecule has 1 fully saturated rings. The topological polar surface area (TPSA) is 90.7 Å². The minimum Gasteiger partial charge on any atom is -0.495 e. The van der Waals surface area contributed by atoms with Crippen LogP contribution in [0.2, 0.25) is 0 Å². The fourth-order valence-corrected chi connectivity index (χ4v) is 3.52. The average molecular weight is 314 g/mol. The molecule has 0 spiro atoms. The van der Waals surface area contributed by atoms with Gasteiger partial charge in [-0.1, -0.05) is 6.07 Å². The SMILES string of the molecule is COc1cc(CN)ccc1S(=O)(=O)NCC1CCCCO1. The van der Waals surface area contributed by atoms with Crippen molar-refractivity contribution in [1.29, 1.82) is 0 Å². The van der Waals surface area contributed by atoms with Crippen molar-refractivity contribution in [1.82, 2.24) is 4.72 Å². The molecule has 3 N–H and O–H groups in total. The first-order valence-electron chi connectivity index (χ1n) is 7.05. The Hall–Kier alpha value is -1.15. The molecule has 0 aromatic heterocycles. The molecule has 0 amide bonds. The Morgan fingerprint density at radius 1 is 1.43 bits per heavy atom. The van der Waals surface area contributed by atoms with Crippen LogP contribution in [0.1, 0.15) is 24.8 Å².